The molecule has 0 saturated heterocycles. The Morgan fingerprint density at radius 3 is 1.69 bits per heavy atom. The Morgan fingerprint density at radius 2 is 1.28 bits per heavy atom. The zero-order valence-corrected chi connectivity index (χ0v) is 16.1. The summed E-state index contributed by atoms with van der Waals surface area (Å²) in [6.07, 6.45) is 0.193. The van der Waals surface area contributed by atoms with Crippen molar-refractivity contribution in [1.29, 1.82) is 0 Å². The van der Waals surface area contributed by atoms with Crippen LogP contribution in [0.5, 0.6) is 0 Å². The number of hydrogen-bond acceptors (Lipinski definition) is 4. The Bertz CT molecular complexity index is 854. The van der Waals surface area contributed by atoms with Gasteiger partial charge in [0.2, 0.25) is 11.8 Å². The number of esters is 1. The largest absolute Gasteiger partial charge is 0.467 e. The molecule has 29 heavy (non-hydrogen) atoms. The average molecular weight is 404 g/mol. The second kappa shape index (κ2) is 10.3. The lowest BCUT2D eigenvalue weighted by Gasteiger charge is -2.22. The first-order chi connectivity index (χ1) is 13.8. The first-order valence-corrected chi connectivity index (χ1v) is 8.92. The van der Waals surface area contributed by atoms with E-state index in [-0.39, 0.29) is 12.8 Å². The summed E-state index contributed by atoms with van der Waals surface area (Å²) in [6.45, 7) is 1.27. The number of nitrogens with one attached hydrogen (secondary N) is 2. The van der Waals surface area contributed by atoms with E-state index in [0.29, 0.717) is 11.1 Å². The van der Waals surface area contributed by atoms with Crippen molar-refractivity contribution in [2.24, 2.45) is 0 Å². The molecule has 0 heterocycles. The van der Waals surface area contributed by atoms with Gasteiger partial charge in [0, 0.05) is 19.8 Å². The van der Waals surface area contributed by atoms with Crippen molar-refractivity contribution in [2.75, 3.05) is 7.11 Å². The van der Waals surface area contributed by atoms with E-state index in [1.807, 2.05) is 0 Å². The molecule has 2 N–H and O–H groups in total. The van der Waals surface area contributed by atoms with Gasteiger partial charge in [0.05, 0.1) is 7.11 Å². The molecular formula is C21H22F2N2O4. The Morgan fingerprint density at radius 1 is 0.828 bits per heavy atom. The molecule has 0 radical (unpaired) electrons. The minimum Gasteiger partial charge on any atom is -0.467 e. The predicted octanol–water partition coefficient (Wildman–Crippen LogP) is 1.91. The highest BCUT2D eigenvalue weighted by Crippen LogP contribution is 2.09. The van der Waals surface area contributed by atoms with Crippen molar-refractivity contribution in [2.45, 2.75) is 31.8 Å². The number of ether oxygens (including phenoxy) is 1. The minimum atomic E-state index is -1.03. The highest BCUT2D eigenvalue weighted by Gasteiger charge is 2.27. The molecule has 0 aliphatic rings. The summed E-state index contributed by atoms with van der Waals surface area (Å²) in [5.74, 6) is -2.54. The van der Waals surface area contributed by atoms with Gasteiger partial charge in [0.25, 0.3) is 0 Å². The van der Waals surface area contributed by atoms with Crippen LogP contribution in [0.1, 0.15) is 18.1 Å². The number of halogens is 2. The van der Waals surface area contributed by atoms with Crippen molar-refractivity contribution in [3.05, 3.63) is 71.3 Å². The maximum absolute atomic E-state index is 13.1. The first kappa shape index (κ1) is 22.0. The molecule has 0 aromatic heterocycles. The number of carbonyl (C=O) groups is 3. The smallest absolute Gasteiger partial charge is 0.328 e. The molecule has 0 bridgehead atoms. The molecule has 2 atom stereocenters. The summed E-state index contributed by atoms with van der Waals surface area (Å²) >= 11 is 0. The fourth-order valence-electron chi connectivity index (χ4n) is 2.77. The molecule has 8 heteroatoms. The highest BCUT2D eigenvalue weighted by molar-refractivity contribution is 5.90. The molecule has 2 aromatic rings. The Kier molecular flexibility index (Phi) is 7.82. The molecule has 154 valence electrons. The molecule has 2 aromatic carbocycles. The van der Waals surface area contributed by atoms with Gasteiger partial charge in [-0.15, -0.1) is 0 Å². The van der Waals surface area contributed by atoms with Gasteiger partial charge in [0.1, 0.15) is 23.7 Å². The lowest BCUT2D eigenvalue weighted by atomic mass is 10.0. The zero-order valence-electron chi connectivity index (χ0n) is 16.1. The number of rotatable bonds is 8. The second-order valence-electron chi connectivity index (χ2n) is 6.50. The molecule has 0 aliphatic heterocycles. The first-order valence-electron chi connectivity index (χ1n) is 8.92. The fourth-order valence-corrected chi connectivity index (χ4v) is 2.77. The van der Waals surface area contributed by atoms with Crippen molar-refractivity contribution < 1.29 is 27.9 Å². The van der Waals surface area contributed by atoms with E-state index >= 15 is 0 Å². The number of amides is 2. The van der Waals surface area contributed by atoms with Gasteiger partial charge in [-0.3, -0.25) is 9.59 Å². The van der Waals surface area contributed by atoms with Crippen LogP contribution in [0.15, 0.2) is 48.5 Å². The van der Waals surface area contributed by atoms with E-state index in [1.165, 1.54) is 62.6 Å². The SMILES string of the molecule is COC(=O)[C@H](Cc1ccc(F)cc1)NC(=O)[C@H](Cc1ccc(F)cc1)NC(C)=O. The highest BCUT2D eigenvalue weighted by atomic mass is 19.1. The third-order valence-electron chi connectivity index (χ3n) is 4.20. The third kappa shape index (κ3) is 6.99. The molecule has 6 nitrogen and oxygen atoms in total. The van der Waals surface area contributed by atoms with Crippen molar-refractivity contribution >= 4 is 17.8 Å². The lowest BCUT2D eigenvalue weighted by molar-refractivity contribution is -0.145. The number of benzene rings is 2. The average Bonchev–Trinajstić information content (AvgIpc) is 2.69. The molecule has 0 spiro atoms. The summed E-state index contributed by atoms with van der Waals surface area (Å²) < 4.78 is 30.9. The monoisotopic (exact) mass is 404 g/mol. The normalized spacial score (nSPS) is 12.6. The molecule has 2 rings (SSSR count). The molecule has 0 unspecified atom stereocenters. The second-order valence-corrected chi connectivity index (χ2v) is 6.50. The number of hydrogen-bond donors (Lipinski definition) is 2. The van der Waals surface area contributed by atoms with Crippen molar-refractivity contribution in [1.82, 2.24) is 10.6 Å². The Balaban J connectivity index is 2.15. The van der Waals surface area contributed by atoms with Crippen molar-refractivity contribution in [3.8, 4) is 0 Å². The van der Waals surface area contributed by atoms with E-state index in [9.17, 15) is 23.2 Å². The summed E-state index contributed by atoms with van der Waals surface area (Å²) in [5, 5.41) is 5.10. The summed E-state index contributed by atoms with van der Waals surface area (Å²) in [4.78, 5) is 36.4. The number of methoxy groups -OCH3 is 1. The van der Waals surface area contributed by atoms with Gasteiger partial charge in [-0.2, -0.15) is 0 Å². The quantitative estimate of drug-likeness (QED) is 0.659. The third-order valence-corrected chi connectivity index (χ3v) is 4.20. The van der Waals surface area contributed by atoms with E-state index in [2.05, 4.69) is 10.6 Å². The van der Waals surface area contributed by atoms with Crippen LogP contribution in [-0.2, 0) is 32.0 Å². The maximum Gasteiger partial charge on any atom is 0.328 e. The van der Waals surface area contributed by atoms with Crippen LogP contribution < -0.4 is 10.6 Å². The summed E-state index contributed by atoms with van der Waals surface area (Å²) in [7, 11) is 1.19. The maximum atomic E-state index is 13.1. The standard InChI is InChI=1S/C21H22F2N2O4/c1-13(26)24-18(11-14-3-7-16(22)8-4-14)20(27)25-19(21(28)29-2)12-15-5-9-17(23)10-6-15/h3-10,18-19H,11-12H2,1-2H3,(H,24,26)(H,25,27)/t18-,19-/m0/s1. The summed E-state index contributed by atoms with van der Waals surface area (Å²) in [6, 6.07) is 9.03. The van der Waals surface area contributed by atoms with Gasteiger partial charge in [-0.05, 0) is 35.4 Å². The Labute approximate surface area is 167 Å². The van der Waals surface area contributed by atoms with Crippen LogP contribution in [0.25, 0.3) is 0 Å². The van der Waals surface area contributed by atoms with E-state index < -0.39 is 41.5 Å². The van der Waals surface area contributed by atoms with Crippen LogP contribution in [0.3, 0.4) is 0 Å². The van der Waals surface area contributed by atoms with Gasteiger partial charge in [0.15, 0.2) is 0 Å². The van der Waals surface area contributed by atoms with Crippen molar-refractivity contribution in [3.63, 3.8) is 0 Å². The summed E-state index contributed by atoms with van der Waals surface area (Å²) in [5.41, 5.74) is 1.25. The molecular weight excluding hydrogens is 382 g/mol. The van der Waals surface area contributed by atoms with Gasteiger partial charge in [-0.1, -0.05) is 24.3 Å². The minimum absolute atomic E-state index is 0.0854. The van der Waals surface area contributed by atoms with Gasteiger partial charge >= 0.3 is 5.97 Å². The van der Waals surface area contributed by atoms with E-state index in [4.69, 9.17) is 4.74 Å². The van der Waals surface area contributed by atoms with Crippen LogP contribution in [0, 0.1) is 11.6 Å². The van der Waals surface area contributed by atoms with Crippen LogP contribution in [0.4, 0.5) is 8.78 Å². The van der Waals surface area contributed by atoms with Crippen LogP contribution >= 0.6 is 0 Å². The zero-order chi connectivity index (χ0) is 21.4. The lowest BCUT2D eigenvalue weighted by Crippen LogP contribution is -2.53. The molecule has 0 aliphatic carbocycles. The van der Waals surface area contributed by atoms with E-state index in [1.54, 1.807) is 0 Å². The van der Waals surface area contributed by atoms with Gasteiger partial charge in [-0.25, -0.2) is 13.6 Å². The molecule has 0 saturated carbocycles. The predicted molar refractivity (Wildman–Crippen MR) is 102 cm³/mol. The molecule has 2 amide bonds. The fraction of sp³-hybridized carbons (Fsp3) is 0.286. The molecule has 0 fully saturated rings. The van der Waals surface area contributed by atoms with Gasteiger partial charge < -0.3 is 15.4 Å². The number of carbonyl (C=O) groups excluding carboxylic acids is 3. The Hall–Kier alpha value is -3.29. The van der Waals surface area contributed by atoms with Crippen LogP contribution in [-0.4, -0.2) is 37.0 Å². The van der Waals surface area contributed by atoms with Crippen LogP contribution in [0.2, 0.25) is 0 Å². The van der Waals surface area contributed by atoms with E-state index in [0.717, 1.165) is 0 Å². The topological polar surface area (TPSA) is 84.5 Å².